The van der Waals surface area contributed by atoms with Crippen LogP contribution in [0.1, 0.15) is 5.56 Å². The number of para-hydroxylation sites is 1. The Hall–Kier alpha value is -3.41. The Labute approximate surface area is 201 Å². The van der Waals surface area contributed by atoms with Crippen molar-refractivity contribution in [1.82, 2.24) is 10.6 Å². The molecule has 0 unspecified atom stereocenters. The molecule has 0 aliphatic rings. The summed E-state index contributed by atoms with van der Waals surface area (Å²) in [6.07, 6.45) is 0.964. The van der Waals surface area contributed by atoms with Crippen LogP contribution in [-0.2, 0) is 30.4 Å². The first-order chi connectivity index (χ1) is 16.5. The van der Waals surface area contributed by atoms with E-state index in [2.05, 4.69) is 19.8 Å². The summed E-state index contributed by atoms with van der Waals surface area (Å²) in [5.41, 5.74) is -0.0282. The van der Waals surface area contributed by atoms with Gasteiger partial charge in [0.1, 0.15) is 18.3 Å². The number of sulfone groups is 1. The normalized spacial score (nSPS) is 12.9. The van der Waals surface area contributed by atoms with Crippen molar-refractivity contribution < 1.29 is 35.1 Å². The zero-order chi connectivity index (χ0) is 25.9. The summed E-state index contributed by atoms with van der Waals surface area (Å²) >= 11 is 0. The van der Waals surface area contributed by atoms with Crippen LogP contribution >= 0.6 is 0 Å². The minimum atomic E-state index is -4.06. The molecular formula is C21H22F2N4O6S2. The van der Waals surface area contributed by atoms with Gasteiger partial charge in [0.25, 0.3) is 10.0 Å². The fourth-order valence-electron chi connectivity index (χ4n) is 2.84. The SMILES string of the molecule is N#CCNC(=O)[C@H](CS(=O)(=O)Cc1ccccc1OC(F)F)NCC=NS(=O)(=O)c1ccccc1. The Morgan fingerprint density at radius 2 is 1.74 bits per heavy atom. The number of nitriles is 1. The zero-order valence-electron chi connectivity index (χ0n) is 18.2. The highest BCUT2D eigenvalue weighted by Crippen LogP contribution is 2.23. The van der Waals surface area contributed by atoms with E-state index in [9.17, 15) is 30.4 Å². The standard InChI is InChI=1S/C21H22F2N4O6S2/c22-21(23)33-19-9-5-4-6-16(19)14-34(29,30)15-18(20(28)26-11-10-24)25-12-13-27-35(31,32)17-7-2-1-3-8-17/h1-9,13,18,21,25H,11-12,14-15H2,(H,26,28)/t18-/m0/s1. The Balaban J connectivity index is 2.13. The van der Waals surface area contributed by atoms with Crippen molar-refractivity contribution in [2.24, 2.45) is 4.40 Å². The molecule has 2 N–H and O–H groups in total. The number of nitrogens with one attached hydrogen (secondary N) is 2. The first-order valence-corrected chi connectivity index (χ1v) is 13.3. The maximum atomic E-state index is 12.7. The van der Waals surface area contributed by atoms with E-state index in [0.717, 1.165) is 6.21 Å². The molecule has 2 aromatic rings. The van der Waals surface area contributed by atoms with E-state index in [1.54, 1.807) is 12.1 Å². The Kier molecular flexibility index (Phi) is 10.2. The fraction of sp³-hybridized carbons (Fsp3) is 0.286. The van der Waals surface area contributed by atoms with Crippen LogP contribution in [0.2, 0.25) is 0 Å². The molecule has 0 bridgehead atoms. The lowest BCUT2D eigenvalue weighted by Gasteiger charge is -2.17. The van der Waals surface area contributed by atoms with Gasteiger partial charge < -0.3 is 10.1 Å². The van der Waals surface area contributed by atoms with Gasteiger partial charge in [-0.3, -0.25) is 10.1 Å². The summed E-state index contributed by atoms with van der Waals surface area (Å²) < 4.78 is 82.9. The highest BCUT2D eigenvalue weighted by atomic mass is 32.2. The zero-order valence-corrected chi connectivity index (χ0v) is 19.8. The smallest absolute Gasteiger partial charge is 0.387 e. The van der Waals surface area contributed by atoms with Gasteiger partial charge in [0.15, 0.2) is 9.84 Å². The van der Waals surface area contributed by atoms with Crippen molar-refractivity contribution in [2.45, 2.75) is 23.3 Å². The van der Waals surface area contributed by atoms with Crippen LogP contribution in [-0.4, -0.2) is 60.5 Å². The number of amides is 1. The second-order valence-corrected chi connectivity index (χ2v) is 10.7. The number of alkyl halides is 2. The van der Waals surface area contributed by atoms with Crippen LogP contribution < -0.4 is 15.4 Å². The van der Waals surface area contributed by atoms with Gasteiger partial charge in [-0.25, -0.2) is 8.42 Å². The molecule has 0 aromatic heterocycles. The number of benzene rings is 2. The van der Waals surface area contributed by atoms with Crippen LogP contribution in [0.5, 0.6) is 5.75 Å². The van der Waals surface area contributed by atoms with E-state index in [4.69, 9.17) is 5.26 Å². The van der Waals surface area contributed by atoms with E-state index in [-0.39, 0.29) is 22.8 Å². The quantitative estimate of drug-likeness (QED) is 0.291. The number of carbonyl (C=O) groups is 1. The number of carbonyl (C=O) groups excluding carboxylic acids is 1. The number of hydrogen-bond donors (Lipinski definition) is 2. The molecular weight excluding hydrogens is 506 g/mol. The summed E-state index contributed by atoms with van der Waals surface area (Å²) in [4.78, 5) is 12.3. The van der Waals surface area contributed by atoms with Gasteiger partial charge in [-0.15, -0.1) is 0 Å². The van der Waals surface area contributed by atoms with Gasteiger partial charge in [0.05, 0.1) is 22.5 Å². The molecule has 188 valence electrons. The molecule has 1 atom stereocenters. The minimum absolute atomic E-state index is 0.0282. The van der Waals surface area contributed by atoms with Crippen LogP contribution in [0, 0.1) is 11.3 Å². The summed E-state index contributed by atoms with van der Waals surface area (Å²) in [7, 11) is -8.06. The predicted octanol–water partition coefficient (Wildman–Crippen LogP) is 1.26. The van der Waals surface area contributed by atoms with Gasteiger partial charge >= 0.3 is 6.61 Å². The average molecular weight is 529 g/mol. The second kappa shape index (κ2) is 12.9. The maximum absolute atomic E-state index is 12.7. The molecule has 0 radical (unpaired) electrons. The summed E-state index contributed by atoms with van der Waals surface area (Å²) in [5.74, 6) is -2.61. The van der Waals surface area contributed by atoms with E-state index in [1.807, 2.05) is 0 Å². The number of hydrogen-bond acceptors (Lipinski definition) is 8. The molecule has 35 heavy (non-hydrogen) atoms. The topological polar surface area (TPSA) is 155 Å². The van der Waals surface area contributed by atoms with Crippen LogP contribution in [0.3, 0.4) is 0 Å². The average Bonchev–Trinajstić information content (AvgIpc) is 2.80. The number of nitrogens with zero attached hydrogens (tertiary/aromatic N) is 2. The first kappa shape index (κ1) is 27.8. The lowest BCUT2D eigenvalue weighted by atomic mass is 10.2. The van der Waals surface area contributed by atoms with Gasteiger partial charge in [-0.1, -0.05) is 36.4 Å². The third-order valence-electron chi connectivity index (χ3n) is 4.35. The highest BCUT2D eigenvalue weighted by Gasteiger charge is 2.26. The van der Waals surface area contributed by atoms with Crippen molar-refractivity contribution in [2.75, 3.05) is 18.8 Å². The molecule has 2 rings (SSSR count). The summed E-state index contributed by atoms with van der Waals surface area (Å²) in [6.45, 7) is -3.84. The van der Waals surface area contributed by atoms with E-state index in [0.29, 0.717) is 0 Å². The largest absolute Gasteiger partial charge is 0.435 e. The third kappa shape index (κ3) is 9.39. The molecule has 0 spiro atoms. The molecule has 0 aliphatic carbocycles. The van der Waals surface area contributed by atoms with Crippen LogP contribution in [0.25, 0.3) is 0 Å². The number of halogens is 2. The van der Waals surface area contributed by atoms with E-state index < -0.39 is 56.5 Å². The molecule has 0 heterocycles. The second-order valence-electron chi connectivity index (χ2n) is 6.95. The minimum Gasteiger partial charge on any atom is -0.435 e. The molecule has 0 fully saturated rings. The fourth-order valence-corrected chi connectivity index (χ4v) is 5.35. The molecule has 0 saturated heterocycles. The number of sulfonamides is 1. The molecule has 2 aromatic carbocycles. The van der Waals surface area contributed by atoms with Gasteiger partial charge in [0.2, 0.25) is 5.91 Å². The molecule has 0 aliphatic heterocycles. The summed E-state index contributed by atoms with van der Waals surface area (Å²) in [5, 5.41) is 13.5. The highest BCUT2D eigenvalue weighted by molar-refractivity contribution is 7.90. The Morgan fingerprint density at radius 3 is 2.40 bits per heavy atom. The Bertz CT molecular complexity index is 1280. The van der Waals surface area contributed by atoms with E-state index >= 15 is 0 Å². The molecule has 1 amide bonds. The molecule has 14 heteroatoms. The lowest BCUT2D eigenvalue weighted by Crippen LogP contribution is -2.49. The number of rotatable bonds is 13. The van der Waals surface area contributed by atoms with Gasteiger partial charge in [-0.2, -0.15) is 26.9 Å². The molecule has 10 nitrogen and oxygen atoms in total. The molecule has 0 saturated carbocycles. The maximum Gasteiger partial charge on any atom is 0.387 e. The van der Waals surface area contributed by atoms with Crippen molar-refractivity contribution in [1.29, 1.82) is 5.26 Å². The predicted molar refractivity (Wildman–Crippen MR) is 123 cm³/mol. The van der Waals surface area contributed by atoms with Crippen molar-refractivity contribution in [3.63, 3.8) is 0 Å². The van der Waals surface area contributed by atoms with Crippen LogP contribution in [0.15, 0.2) is 63.9 Å². The first-order valence-electron chi connectivity index (χ1n) is 9.99. The van der Waals surface area contributed by atoms with Crippen LogP contribution in [0.4, 0.5) is 8.78 Å². The number of ether oxygens (including phenoxy) is 1. The van der Waals surface area contributed by atoms with E-state index in [1.165, 1.54) is 48.5 Å². The lowest BCUT2D eigenvalue weighted by molar-refractivity contribution is -0.122. The van der Waals surface area contributed by atoms with Crippen molar-refractivity contribution >= 4 is 32.0 Å². The monoisotopic (exact) mass is 528 g/mol. The van der Waals surface area contributed by atoms with Crippen molar-refractivity contribution in [3.8, 4) is 11.8 Å². The third-order valence-corrected chi connectivity index (χ3v) is 7.24. The van der Waals surface area contributed by atoms with Gasteiger partial charge in [0, 0.05) is 18.3 Å². The van der Waals surface area contributed by atoms with Gasteiger partial charge in [-0.05, 0) is 18.2 Å². The van der Waals surface area contributed by atoms with Crippen molar-refractivity contribution in [3.05, 3.63) is 60.2 Å². The Morgan fingerprint density at radius 1 is 1.09 bits per heavy atom. The summed E-state index contributed by atoms with van der Waals surface area (Å²) in [6, 6.07) is 13.0.